The van der Waals surface area contributed by atoms with Gasteiger partial charge in [-0.05, 0) is 0 Å². The van der Waals surface area contributed by atoms with Gasteiger partial charge in [0.1, 0.15) is 0 Å². The monoisotopic (exact) mass is 386 g/mol. The van der Waals surface area contributed by atoms with Gasteiger partial charge in [0.25, 0.3) is 0 Å². The summed E-state index contributed by atoms with van der Waals surface area (Å²) in [6.07, 6.45) is 13.4. The van der Waals surface area contributed by atoms with Gasteiger partial charge < -0.3 is 0 Å². The van der Waals surface area contributed by atoms with Crippen molar-refractivity contribution in [3.05, 3.63) is 9.67 Å². The van der Waals surface area contributed by atoms with Crippen molar-refractivity contribution in [1.29, 1.82) is 0 Å². The van der Waals surface area contributed by atoms with Crippen LogP contribution in [0.2, 0.25) is 13.3 Å². The molecule has 1 aliphatic carbocycles. The Bertz CT molecular complexity index is 298. The van der Waals surface area contributed by atoms with Crippen LogP contribution in [-0.2, 0) is 4.79 Å². The second-order valence-electron chi connectivity index (χ2n) is 6.52. The number of carbonyl (C=O) groups excluding carboxylic acids is 1. The Morgan fingerprint density at radius 3 is 1.85 bits per heavy atom. The van der Waals surface area contributed by atoms with E-state index < -0.39 is 18.4 Å². The van der Waals surface area contributed by atoms with Crippen molar-refractivity contribution in [2.75, 3.05) is 0 Å². The third-order valence-electron chi connectivity index (χ3n) is 4.85. The summed E-state index contributed by atoms with van der Waals surface area (Å²) in [5, 5.41) is 0. The standard InChI is InChI=1S/C6H7O.3C4H9.Sn/c7-6-4-2-1-3-5-6;3*1-3-4-2;/h2H,1,3,5H2;3*1,3-4H2,2H3;. The van der Waals surface area contributed by atoms with Crippen molar-refractivity contribution < 1.29 is 4.79 Å². The van der Waals surface area contributed by atoms with E-state index in [0.29, 0.717) is 5.78 Å². The Balaban J connectivity index is 2.97. The van der Waals surface area contributed by atoms with Crippen molar-refractivity contribution in [3.63, 3.8) is 0 Å². The van der Waals surface area contributed by atoms with Crippen LogP contribution in [0.5, 0.6) is 0 Å². The van der Waals surface area contributed by atoms with Crippen LogP contribution in [0.3, 0.4) is 0 Å². The quantitative estimate of drug-likeness (QED) is 0.418. The van der Waals surface area contributed by atoms with Crippen LogP contribution in [0, 0.1) is 0 Å². The first kappa shape index (κ1) is 18.3. The molecule has 20 heavy (non-hydrogen) atoms. The van der Waals surface area contributed by atoms with E-state index in [2.05, 4.69) is 26.8 Å². The maximum atomic E-state index is 12.5. The molecule has 0 bridgehead atoms. The zero-order chi connectivity index (χ0) is 14.8. The van der Waals surface area contributed by atoms with E-state index in [4.69, 9.17) is 0 Å². The van der Waals surface area contributed by atoms with Crippen molar-refractivity contribution in [3.8, 4) is 0 Å². The molecule has 0 N–H and O–H groups in total. The first-order valence-corrected chi connectivity index (χ1v) is 16.4. The Morgan fingerprint density at radius 2 is 1.45 bits per heavy atom. The number of ketones is 1. The predicted octanol–water partition coefficient (Wildman–Crippen LogP) is 6.05. The zero-order valence-electron chi connectivity index (χ0n) is 14.0. The molecule has 0 heterocycles. The van der Waals surface area contributed by atoms with E-state index in [1.165, 1.54) is 61.8 Å². The number of rotatable bonds is 10. The van der Waals surface area contributed by atoms with Crippen LogP contribution in [0.4, 0.5) is 0 Å². The van der Waals surface area contributed by atoms with E-state index >= 15 is 0 Å². The van der Waals surface area contributed by atoms with Gasteiger partial charge in [-0.25, -0.2) is 0 Å². The van der Waals surface area contributed by atoms with Gasteiger partial charge in [-0.3, -0.25) is 0 Å². The van der Waals surface area contributed by atoms with Crippen LogP contribution in [0.15, 0.2) is 9.67 Å². The number of carbonyl (C=O) groups is 1. The second-order valence-corrected chi connectivity index (χ2v) is 19.7. The average molecular weight is 385 g/mol. The molecule has 116 valence electrons. The van der Waals surface area contributed by atoms with Gasteiger partial charge in [-0.2, -0.15) is 0 Å². The Hall–Kier alpha value is 0.209. The van der Waals surface area contributed by atoms with Crippen molar-refractivity contribution >= 4 is 24.2 Å². The molecular weight excluding hydrogens is 351 g/mol. The molecule has 2 heteroatoms. The van der Waals surface area contributed by atoms with Crippen LogP contribution in [-0.4, -0.2) is 24.2 Å². The molecule has 1 nitrogen and oxygen atoms in total. The Labute approximate surface area is 130 Å². The fourth-order valence-electron chi connectivity index (χ4n) is 3.59. The molecule has 0 saturated carbocycles. The fraction of sp³-hybridized carbons (Fsp3) is 0.833. The van der Waals surface area contributed by atoms with Crippen LogP contribution < -0.4 is 0 Å². The SMILES string of the molecule is CCC[CH2][Sn]([CH2]CCC)([CH2]CCC)[C]1=CCCCC1=O. The summed E-state index contributed by atoms with van der Waals surface area (Å²) in [6, 6.07) is 0. The molecule has 0 unspecified atom stereocenters. The molecule has 1 aliphatic rings. The van der Waals surface area contributed by atoms with Crippen LogP contribution in [0.1, 0.15) is 78.6 Å². The average Bonchev–Trinajstić information content (AvgIpc) is 2.48. The molecule has 1 rings (SSSR count). The number of hydrogen-bond donors (Lipinski definition) is 0. The molecule has 0 amide bonds. The van der Waals surface area contributed by atoms with E-state index in [1.807, 2.05) is 0 Å². The normalized spacial score (nSPS) is 16.4. The Kier molecular flexibility index (Phi) is 9.15. The summed E-state index contributed by atoms with van der Waals surface area (Å²) in [5.74, 6) is 0.551. The van der Waals surface area contributed by atoms with Gasteiger partial charge in [0, 0.05) is 0 Å². The minimum absolute atomic E-state index is 0.551. The van der Waals surface area contributed by atoms with E-state index in [0.717, 1.165) is 12.8 Å². The summed E-state index contributed by atoms with van der Waals surface area (Å²) >= 11 is -2.39. The second kappa shape index (κ2) is 10.0. The summed E-state index contributed by atoms with van der Waals surface area (Å²) in [6.45, 7) is 6.90. The van der Waals surface area contributed by atoms with Gasteiger partial charge >= 0.3 is 130 Å². The third-order valence-corrected chi connectivity index (χ3v) is 20.7. The molecule has 0 spiro atoms. The van der Waals surface area contributed by atoms with Gasteiger partial charge in [-0.1, -0.05) is 0 Å². The van der Waals surface area contributed by atoms with E-state index in [9.17, 15) is 4.79 Å². The van der Waals surface area contributed by atoms with Crippen molar-refractivity contribution in [2.24, 2.45) is 0 Å². The van der Waals surface area contributed by atoms with Crippen molar-refractivity contribution in [2.45, 2.75) is 91.9 Å². The molecule has 0 atom stereocenters. The summed E-state index contributed by atoms with van der Waals surface area (Å²) < 4.78 is 5.73. The van der Waals surface area contributed by atoms with Gasteiger partial charge in [0.2, 0.25) is 0 Å². The molecule has 0 aromatic carbocycles. The van der Waals surface area contributed by atoms with E-state index in [-0.39, 0.29) is 0 Å². The molecule has 0 radical (unpaired) electrons. The number of unbranched alkanes of at least 4 members (excludes halogenated alkanes) is 3. The first-order chi connectivity index (χ1) is 9.70. The molecule has 0 aliphatic heterocycles. The van der Waals surface area contributed by atoms with Crippen LogP contribution >= 0.6 is 0 Å². The van der Waals surface area contributed by atoms with Gasteiger partial charge in [0.15, 0.2) is 0 Å². The van der Waals surface area contributed by atoms with Crippen molar-refractivity contribution in [1.82, 2.24) is 0 Å². The number of hydrogen-bond acceptors (Lipinski definition) is 1. The molecule has 0 fully saturated rings. The molecule has 0 aromatic heterocycles. The zero-order valence-corrected chi connectivity index (χ0v) is 16.8. The fourth-order valence-corrected chi connectivity index (χ4v) is 20.6. The third kappa shape index (κ3) is 5.20. The summed E-state index contributed by atoms with van der Waals surface area (Å²) in [5.41, 5.74) is 0. The number of Topliss-reactive ketones (excluding diaryl/α,β-unsaturated/α-hetero) is 1. The predicted molar refractivity (Wildman–Crippen MR) is 91.8 cm³/mol. The molecule has 0 saturated heterocycles. The Morgan fingerprint density at radius 1 is 0.950 bits per heavy atom. The van der Waals surface area contributed by atoms with Gasteiger partial charge in [0.05, 0.1) is 0 Å². The minimum atomic E-state index is -2.39. The first-order valence-electron chi connectivity index (χ1n) is 8.94. The molecular formula is C18H34OSn. The number of allylic oxidation sites excluding steroid dienone is 2. The topological polar surface area (TPSA) is 17.1 Å². The maximum absolute atomic E-state index is 12.5. The van der Waals surface area contributed by atoms with E-state index in [1.54, 1.807) is 0 Å². The molecule has 0 aromatic rings. The summed E-state index contributed by atoms with van der Waals surface area (Å²) in [7, 11) is 0. The van der Waals surface area contributed by atoms with Crippen LogP contribution in [0.25, 0.3) is 0 Å². The summed E-state index contributed by atoms with van der Waals surface area (Å²) in [4.78, 5) is 12.5. The van der Waals surface area contributed by atoms with Gasteiger partial charge in [-0.15, -0.1) is 0 Å².